The van der Waals surface area contributed by atoms with E-state index in [1.807, 2.05) is 6.92 Å². The minimum Gasteiger partial charge on any atom is -0.368 e. The molecule has 0 aromatic carbocycles. The Morgan fingerprint density at radius 1 is 1.44 bits per heavy atom. The Balaban J connectivity index is 4.16. The highest BCUT2D eigenvalue weighted by Gasteiger charge is 2.29. The molecule has 18 heavy (non-hydrogen) atoms. The topological polar surface area (TPSA) is 58.4 Å². The fraction of sp³-hybridized carbons (Fsp3) is 0.929. The lowest BCUT2D eigenvalue weighted by atomic mass is 9.94. The summed E-state index contributed by atoms with van der Waals surface area (Å²) >= 11 is 0. The summed E-state index contributed by atoms with van der Waals surface area (Å²) in [5.41, 5.74) is 4.94. The molecule has 0 aromatic rings. The molecule has 0 saturated carbocycles. The van der Waals surface area contributed by atoms with Crippen LogP contribution in [0.25, 0.3) is 0 Å². The molecular formula is C14H31N3O. The van der Waals surface area contributed by atoms with Gasteiger partial charge in [0.15, 0.2) is 0 Å². The molecule has 0 fully saturated rings. The molecule has 0 aliphatic rings. The first-order chi connectivity index (χ1) is 8.37. The monoisotopic (exact) mass is 257 g/mol. The van der Waals surface area contributed by atoms with Crippen molar-refractivity contribution in [1.29, 1.82) is 0 Å². The second-order valence-corrected chi connectivity index (χ2v) is 5.46. The Morgan fingerprint density at radius 2 is 2.06 bits per heavy atom. The zero-order valence-corrected chi connectivity index (χ0v) is 12.8. The molecule has 0 bridgehead atoms. The molecule has 1 amide bonds. The highest BCUT2D eigenvalue weighted by molar-refractivity contribution is 5.84. The van der Waals surface area contributed by atoms with E-state index in [0.29, 0.717) is 6.04 Å². The number of nitrogens with two attached hydrogens (primary N) is 1. The standard InChI is InChI=1S/C14H31N3O/c1-6-10-16-14(4,13(15)18)9-8-11-17(5)12(3)7-2/h12,16H,6-11H2,1-5H3,(H2,15,18). The van der Waals surface area contributed by atoms with Crippen LogP contribution in [-0.4, -0.2) is 42.5 Å². The zero-order chi connectivity index (χ0) is 14.2. The molecule has 108 valence electrons. The lowest BCUT2D eigenvalue weighted by Gasteiger charge is -2.29. The molecule has 2 unspecified atom stereocenters. The first-order valence-electron chi connectivity index (χ1n) is 7.12. The fourth-order valence-electron chi connectivity index (χ4n) is 1.91. The molecule has 0 radical (unpaired) electrons. The van der Waals surface area contributed by atoms with E-state index >= 15 is 0 Å². The molecule has 0 heterocycles. The maximum atomic E-state index is 11.5. The van der Waals surface area contributed by atoms with Gasteiger partial charge in [0, 0.05) is 6.04 Å². The predicted octanol–water partition coefficient (Wildman–Crippen LogP) is 1.74. The van der Waals surface area contributed by atoms with Gasteiger partial charge in [0.05, 0.1) is 5.54 Å². The number of primary amides is 1. The van der Waals surface area contributed by atoms with Gasteiger partial charge in [-0.25, -0.2) is 0 Å². The molecule has 4 heteroatoms. The third-order valence-corrected chi connectivity index (χ3v) is 3.84. The SMILES string of the molecule is CCCNC(C)(CCCN(C)C(C)CC)C(N)=O. The number of carbonyl (C=O) groups excluding carboxylic acids is 1. The van der Waals surface area contributed by atoms with Crippen molar-refractivity contribution >= 4 is 5.91 Å². The van der Waals surface area contributed by atoms with Gasteiger partial charge in [0.2, 0.25) is 5.91 Å². The van der Waals surface area contributed by atoms with E-state index < -0.39 is 5.54 Å². The van der Waals surface area contributed by atoms with Gasteiger partial charge in [0.1, 0.15) is 0 Å². The lowest BCUT2D eigenvalue weighted by Crippen LogP contribution is -2.53. The first kappa shape index (κ1) is 17.4. The third kappa shape index (κ3) is 5.83. The molecule has 0 spiro atoms. The van der Waals surface area contributed by atoms with E-state index in [2.05, 4.69) is 38.0 Å². The van der Waals surface area contributed by atoms with Gasteiger partial charge < -0.3 is 16.0 Å². The molecule has 0 aliphatic heterocycles. The Labute approximate surface area is 112 Å². The van der Waals surface area contributed by atoms with Crippen molar-refractivity contribution in [3.05, 3.63) is 0 Å². The van der Waals surface area contributed by atoms with Gasteiger partial charge >= 0.3 is 0 Å². The van der Waals surface area contributed by atoms with Crippen molar-refractivity contribution in [3.63, 3.8) is 0 Å². The van der Waals surface area contributed by atoms with Crippen molar-refractivity contribution < 1.29 is 4.79 Å². The van der Waals surface area contributed by atoms with Crippen LogP contribution in [0.3, 0.4) is 0 Å². The molecule has 0 rings (SSSR count). The minimum atomic E-state index is -0.563. The summed E-state index contributed by atoms with van der Waals surface area (Å²) in [7, 11) is 2.13. The fourth-order valence-corrected chi connectivity index (χ4v) is 1.91. The summed E-state index contributed by atoms with van der Waals surface area (Å²) in [6.45, 7) is 10.3. The van der Waals surface area contributed by atoms with Crippen LogP contribution in [0.4, 0.5) is 0 Å². The van der Waals surface area contributed by atoms with Gasteiger partial charge in [-0.1, -0.05) is 13.8 Å². The molecule has 3 N–H and O–H groups in total. The van der Waals surface area contributed by atoms with E-state index in [4.69, 9.17) is 5.73 Å². The normalized spacial score (nSPS) is 16.6. The van der Waals surface area contributed by atoms with Gasteiger partial charge in [-0.3, -0.25) is 4.79 Å². The molecule has 0 saturated heterocycles. The van der Waals surface area contributed by atoms with Gasteiger partial charge in [-0.05, 0) is 59.7 Å². The second kappa shape index (κ2) is 8.48. The smallest absolute Gasteiger partial charge is 0.237 e. The summed E-state index contributed by atoms with van der Waals surface area (Å²) in [6.07, 6.45) is 3.94. The molecule has 0 aromatic heterocycles. The first-order valence-corrected chi connectivity index (χ1v) is 7.12. The van der Waals surface area contributed by atoms with Crippen molar-refractivity contribution in [2.75, 3.05) is 20.1 Å². The summed E-state index contributed by atoms with van der Waals surface area (Å²) in [5, 5.41) is 3.27. The number of hydrogen-bond donors (Lipinski definition) is 2. The average Bonchev–Trinajstić information content (AvgIpc) is 2.34. The van der Waals surface area contributed by atoms with Crippen LogP contribution in [0.5, 0.6) is 0 Å². The van der Waals surface area contributed by atoms with Gasteiger partial charge in [-0.2, -0.15) is 0 Å². The summed E-state index contributed by atoms with van der Waals surface area (Å²) < 4.78 is 0. The van der Waals surface area contributed by atoms with Crippen LogP contribution >= 0.6 is 0 Å². The van der Waals surface area contributed by atoms with E-state index in [1.165, 1.54) is 0 Å². The van der Waals surface area contributed by atoms with E-state index in [1.54, 1.807) is 0 Å². The number of carbonyl (C=O) groups is 1. The second-order valence-electron chi connectivity index (χ2n) is 5.46. The van der Waals surface area contributed by atoms with Gasteiger partial charge in [-0.15, -0.1) is 0 Å². The number of nitrogens with zero attached hydrogens (tertiary/aromatic N) is 1. The Kier molecular flexibility index (Phi) is 8.20. The largest absolute Gasteiger partial charge is 0.368 e. The molecule has 4 nitrogen and oxygen atoms in total. The van der Waals surface area contributed by atoms with E-state index in [-0.39, 0.29) is 5.91 Å². The van der Waals surface area contributed by atoms with Crippen LogP contribution < -0.4 is 11.1 Å². The van der Waals surface area contributed by atoms with Crippen molar-refractivity contribution in [3.8, 4) is 0 Å². The average molecular weight is 257 g/mol. The summed E-state index contributed by atoms with van der Waals surface area (Å²) in [5.74, 6) is -0.248. The maximum Gasteiger partial charge on any atom is 0.237 e. The van der Waals surface area contributed by atoms with Crippen LogP contribution in [0.2, 0.25) is 0 Å². The van der Waals surface area contributed by atoms with Crippen LogP contribution in [0.15, 0.2) is 0 Å². The summed E-state index contributed by atoms with van der Waals surface area (Å²) in [4.78, 5) is 13.9. The third-order valence-electron chi connectivity index (χ3n) is 3.84. The molecule has 0 aliphatic carbocycles. The highest BCUT2D eigenvalue weighted by Crippen LogP contribution is 2.13. The summed E-state index contributed by atoms with van der Waals surface area (Å²) in [6, 6.07) is 0.591. The molecule has 2 atom stereocenters. The maximum absolute atomic E-state index is 11.5. The molecular weight excluding hydrogens is 226 g/mol. The van der Waals surface area contributed by atoms with E-state index in [9.17, 15) is 4.79 Å². The minimum absolute atomic E-state index is 0.248. The van der Waals surface area contributed by atoms with E-state index in [0.717, 1.165) is 38.8 Å². The number of rotatable bonds is 10. The lowest BCUT2D eigenvalue weighted by molar-refractivity contribution is -0.124. The Bertz CT molecular complexity index is 245. The Hall–Kier alpha value is -0.610. The van der Waals surface area contributed by atoms with Crippen molar-refractivity contribution in [2.45, 2.75) is 65.0 Å². The quantitative estimate of drug-likeness (QED) is 0.627. The zero-order valence-electron chi connectivity index (χ0n) is 12.8. The Morgan fingerprint density at radius 3 is 2.50 bits per heavy atom. The van der Waals surface area contributed by atoms with Crippen LogP contribution in [-0.2, 0) is 4.79 Å². The number of amides is 1. The predicted molar refractivity (Wildman–Crippen MR) is 77.5 cm³/mol. The van der Waals surface area contributed by atoms with Crippen LogP contribution in [0, 0.1) is 0 Å². The highest BCUT2D eigenvalue weighted by atomic mass is 16.1. The van der Waals surface area contributed by atoms with Crippen LogP contribution in [0.1, 0.15) is 53.4 Å². The van der Waals surface area contributed by atoms with Crippen molar-refractivity contribution in [2.24, 2.45) is 5.73 Å². The van der Waals surface area contributed by atoms with Gasteiger partial charge in [0.25, 0.3) is 0 Å². The number of hydrogen-bond acceptors (Lipinski definition) is 3. The number of nitrogens with one attached hydrogen (secondary N) is 1. The van der Waals surface area contributed by atoms with Crippen molar-refractivity contribution in [1.82, 2.24) is 10.2 Å².